The third kappa shape index (κ3) is 2.96. The van der Waals surface area contributed by atoms with Crippen molar-refractivity contribution >= 4 is 17.6 Å². The molecule has 3 rings (SSSR count). The van der Waals surface area contributed by atoms with Crippen molar-refractivity contribution in [3.63, 3.8) is 0 Å². The lowest BCUT2D eigenvalue weighted by molar-refractivity contribution is 0.0697. The number of benzene rings is 2. The summed E-state index contributed by atoms with van der Waals surface area (Å²) >= 11 is 0. The quantitative estimate of drug-likeness (QED) is 0.877. The zero-order chi connectivity index (χ0) is 15.5. The van der Waals surface area contributed by atoms with Crippen LogP contribution in [0.3, 0.4) is 0 Å². The van der Waals surface area contributed by atoms with Crippen molar-refractivity contribution in [3.05, 3.63) is 59.2 Å². The number of carboxylic acid groups (broad SMARTS) is 1. The Bertz CT molecular complexity index is 729. The van der Waals surface area contributed by atoms with Crippen molar-refractivity contribution in [2.45, 2.75) is 6.92 Å². The second kappa shape index (κ2) is 5.93. The van der Waals surface area contributed by atoms with Crippen LogP contribution in [0.4, 0.5) is 0 Å². The summed E-state index contributed by atoms with van der Waals surface area (Å²) in [6, 6.07) is 12.7. The molecule has 0 unspecified atom stereocenters. The molecule has 0 spiro atoms. The maximum absolute atomic E-state index is 10.9. The van der Waals surface area contributed by atoms with E-state index in [9.17, 15) is 4.79 Å². The molecular formula is C18H16O4. The summed E-state index contributed by atoms with van der Waals surface area (Å²) < 4.78 is 11.1. The number of allylic oxidation sites excluding steroid dienone is 1. The molecule has 0 saturated carbocycles. The Labute approximate surface area is 128 Å². The highest BCUT2D eigenvalue weighted by Gasteiger charge is 2.12. The molecule has 0 amide bonds. The van der Waals surface area contributed by atoms with Gasteiger partial charge in [-0.1, -0.05) is 24.3 Å². The fraction of sp³-hybridized carbons (Fsp3) is 0.167. The number of carbonyl (C=O) groups is 1. The molecular weight excluding hydrogens is 280 g/mol. The lowest BCUT2D eigenvalue weighted by atomic mass is 10.0. The molecule has 4 heteroatoms. The lowest BCUT2D eigenvalue weighted by Crippen LogP contribution is -2.15. The van der Waals surface area contributed by atoms with Crippen LogP contribution in [-0.2, 0) is 0 Å². The predicted octanol–water partition coefficient (Wildman–Crippen LogP) is 3.72. The van der Waals surface area contributed by atoms with Gasteiger partial charge in [-0.2, -0.15) is 0 Å². The molecule has 2 aromatic rings. The molecule has 1 heterocycles. The average molecular weight is 296 g/mol. The van der Waals surface area contributed by atoms with E-state index in [0.29, 0.717) is 13.2 Å². The fourth-order valence-electron chi connectivity index (χ4n) is 2.34. The zero-order valence-electron chi connectivity index (χ0n) is 12.2. The summed E-state index contributed by atoms with van der Waals surface area (Å²) in [5.41, 5.74) is 3.36. The highest BCUT2D eigenvalue weighted by atomic mass is 16.6. The van der Waals surface area contributed by atoms with Gasteiger partial charge in [0.25, 0.3) is 0 Å². The van der Waals surface area contributed by atoms with E-state index >= 15 is 0 Å². The third-order valence-corrected chi connectivity index (χ3v) is 3.54. The summed E-state index contributed by atoms with van der Waals surface area (Å²) in [5, 5.41) is 8.91. The maximum atomic E-state index is 10.9. The third-order valence-electron chi connectivity index (χ3n) is 3.54. The molecule has 0 bridgehead atoms. The van der Waals surface area contributed by atoms with Crippen LogP contribution in [0.5, 0.6) is 11.5 Å². The van der Waals surface area contributed by atoms with Gasteiger partial charge in [0.1, 0.15) is 13.2 Å². The second-order valence-electron chi connectivity index (χ2n) is 5.11. The normalized spacial score (nSPS) is 13.8. The first-order valence-electron chi connectivity index (χ1n) is 7.05. The first kappa shape index (κ1) is 14.2. The Kier molecular flexibility index (Phi) is 3.83. The molecule has 1 aliphatic heterocycles. The van der Waals surface area contributed by atoms with Gasteiger partial charge in [-0.05, 0) is 47.9 Å². The average Bonchev–Trinajstić information content (AvgIpc) is 2.55. The van der Waals surface area contributed by atoms with Gasteiger partial charge in [-0.3, -0.25) is 0 Å². The van der Waals surface area contributed by atoms with Crippen LogP contribution in [-0.4, -0.2) is 24.3 Å². The molecule has 1 aliphatic rings. The first-order chi connectivity index (χ1) is 10.6. The number of carboxylic acids is 1. The van der Waals surface area contributed by atoms with Gasteiger partial charge in [-0.25, -0.2) is 4.79 Å². The molecule has 1 N–H and O–H groups in total. The van der Waals surface area contributed by atoms with E-state index < -0.39 is 5.97 Å². The highest BCUT2D eigenvalue weighted by molar-refractivity contribution is 5.88. The zero-order valence-corrected chi connectivity index (χ0v) is 12.2. The number of aromatic carboxylic acids is 1. The van der Waals surface area contributed by atoms with Gasteiger partial charge in [0.2, 0.25) is 0 Å². The van der Waals surface area contributed by atoms with E-state index in [2.05, 4.69) is 0 Å². The summed E-state index contributed by atoms with van der Waals surface area (Å²) in [6.45, 7) is 3.16. The van der Waals surface area contributed by atoms with E-state index in [0.717, 1.165) is 28.2 Å². The minimum Gasteiger partial charge on any atom is -0.486 e. The first-order valence-corrected chi connectivity index (χ1v) is 7.05. The smallest absolute Gasteiger partial charge is 0.335 e. The van der Waals surface area contributed by atoms with Crippen LogP contribution in [0.25, 0.3) is 11.6 Å². The Morgan fingerprint density at radius 3 is 2.32 bits per heavy atom. The van der Waals surface area contributed by atoms with Gasteiger partial charge in [0.15, 0.2) is 11.5 Å². The van der Waals surface area contributed by atoms with E-state index in [-0.39, 0.29) is 5.56 Å². The monoisotopic (exact) mass is 296 g/mol. The fourth-order valence-corrected chi connectivity index (χ4v) is 2.34. The van der Waals surface area contributed by atoms with Gasteiger partial charge in [0, 0.05) is 0 Å². The number of ether oxygens (including phenoxy) is 2. The minimum absolute atomic E-state index is 0.286. The topological polar surface area (TPSA) is 55.8 Å². The molecule has 0 aromatic heterocycles. The van der Waals surface area contributed by atoms with Gasteiger partial charge >= 0.3 is 5.97 Å². The molecule has 4 nitrogen and oxygen atoms in total. The van der Waals surface area contributed by atoms with Crippen molar-refractivity contribution in [1.29, 1.82) is 0 Å². The van der Waals surface area contributed by atoms with Crippen molar-refractivity contribution in [3.8, 4) is 11.5 Å². The van der Waals surface area contributed by atoms with Crippen molar-refractivity contribution < 1.29 is 19.4 Å². The second-order valence-corrected chi connectivity index (χ2v) is 5.11. The number of fused-ring (bicyclic) bond motifs is 1. The number of hydrogen-bond donors (Lipinski definition) is 1. The van der Waals surface area contributed by atoms with Crippen LogP contribution >= 0.6 is 0 Å². The lowest BCUT2D eigenvalue weighted by Gasteiger charge is -2.19. The van der Waals surface area contributed by atoms with Crippen molar-refractivity contribution in [2.24, 2.45) is 0 Å². The SMILES string of the molecule is C/C(=C\c1ccc(C(=O)O)cc1)c1ccc2c(c1)OCCO2. The van der Waals surface area contributed by atoms with E-state index in [1.165, 1.54) is 0 Å². The standard InChI is InChI=1S/C18H16O4/c1-12(10-13-2-4-14(5-3-13)18(19)20)15-6-7-16-17(11-15)22-9-8-21-16/h2-7,10-11H,8-9H2,1H3,(H,19,20)/b12-10+. The molecule has 0 aliphatic carbocycles. The molecule has 2 aromatic carbocycles. The van der Waals surface area contributed by atoms with E-state index in [1.807, 2.05) is 31.2 Å². The summed E-state index contributed by atoms with van der Waals surface area (Å²) in [5.74, 6) is 0.616. The largest absolute Gasteiger partial charge is 0.486 e. The van der Waals surface area contributed by atoms with Crippen molar-refractivity contribution in [1.82, 2.24) is 0 Å². The van der Waals surface area contributed by atoms with Crippen LogP contribution in [0, 0.1) is 0 Å². The molecule has 0 radical (unpaired) electrons. The van der Waals surface area contributed by atoms with E-state index in [4.69, 9.17) is 14.6 Å². The molecule has 112 valence electrons. The predicted molar refractivity (Wildman–Crippen MR) is 84.4 cm³/mol. The van der Waals surface area contributed by atoms with Crippen LogP contribution < -0.4 is 9.47 Å². The highest BCUT2D eigenvalue weighted by Crippen LogP contribution is 2.33. The minimum atomic E-state index is -0.918. The maximum Gasteiger partial charge on any atom is 0.335 e. The van der Waals surface area contributed by atoms with Gasteiger partial charge in [-0.15, -0.1) is 0 Å². The van der Waals surface area contributed by atoms with Crippen LogP contribution in [0.15, 0.2) is 42.5 Å². The Morgan fingerprint density at radius 2 is 1.64 bits per heavy atom. The Morgan fingerprint density at radius 1 is 1.00 bits per heavy atom. The molecule has 22 heavy (non-hydrogen) atoms. The summed E-state index contributed by atoms with van der Waals surface area (Å²) in [6.07, 6.45) is 2.01. The van der Waals surface area contributed by atoms with Crippen molar-refractivity contribution in [2.75, 3.05) is 13.2 Å². The van der Waals surface area contributed by atoms with Gasteiger partial charge < -0.3 is 14.6 Å². The summed E-state index contributed by atoms with van der Waals surface area (Å²) in [7, 11) is 0. The molecule has 0 atom stereocenters. The van der Waals surface area contributed by atoms with Crippen LogP contribution in [0.1, 0.15) is 28.4 Å². The summed E-state index contributed by atoms with van der Waals surface area (Å²) in [4.78, 5) is 10.9. The Hall–Kier alpha value is -2.75. The molecule has 0 fully saturated rings. The number of hydrogen-bond acceptors (Lipinski definition) is 3. The van der Waals surface area contributed by atoms with Crippen LogP contribution in [0.2, 0.25) is 0 Å². The number of rotatable bonds is 3. The molecule has 0 saturated heterocycles. The van der Waals surface area contributed by atoms with Gasteiger partial charge in [0.05, 0.1) is 5.56 Å². The Balaban J connectivity index is 1.86. The van der Waals surface area contributed by atoms with E-state index in [1.54, 1.807) is 24.3 Å².